The predicted octanol–water partition coefficient (Wildman–Crippen LogP) is 3.72. The molecule has 0 aliphatic rings. The van der Waals surface area contributed by atoms with Crippen molar-refractivity contribution in [1.82, 2.24) is 14.5 Å². The van der Waals surface area contributed by atoms with Crippen LogP contribution in [0.5, 0.6) is 5.75 Å². The van der Waals surface area contributed by atoms with E-state index >= 15 is 0 Å². The van der Waals surface area contributed by atoms with Gasteiger partial charge in [-0.05, 0) is 18.2 Å². The van der Waals surface area contributed by atoms with Crippen LogP contribution in [0.15, 0.2) is 47.3 Å². The lowest BCUT2D eigenvalue weighted by Crippen LogP contribution is -2.06. The van der Waals surface area contributed by atoms with Crippen LogP contribution in [0, 0.1) is 0 Å². The van der Waals surface area contributed by atoms with Crippen molar-refractivity contribution in [3.05, 3.63) is 54.4 Å². The van der Waals surface area contributed by atoms with Gasteiger partial charge < -0.3 is 13.7 Å². The highest BCUT2D eigenvalue weighted by molar-refractivity contribution is 5.55. The van der Waals surface area contributed by atoms with Gasteiger partial charge in [0.2, 0.25) is 5.89 Å². The Kier molecular flexibility index (Phi) is 3.96. The van der Waals surface area contributed by atoms with Crippen molar-refractivity contribution in [1.29, 1.82) is 0 Å². The highest BCUT2D eigenvalue weighted by Gasteiger charge is 2.11. The lowest BCUT2D eigenvalue weighted by atomic mass is 10.2. The fourth-order valence-corrected chi connectivity index (χ4v) is 2.40. The fraction of sp³-hybridized carbons (Fsp3) is 0.294. The van der Waals surface area contributed by atoms with E-state index in [0.717, 1.165) is 22.8 Å². The molecule has 0 N–H and O–H groups in total. The van der Waals surface area contributed by atoms with Crippen LogP contribution in [0.1, 0.15) is 31.3 Å². The maximum absolute atomic E-state index is 5.60. The molecular formula is C17H19N3O2. The van der Waals surface area contributed by atoms with Gasteiger partial charge in [0, 0.05) is 23.9 Å². The second-order valence-corrected chi connectivity index (χ2v) is 5.44. The minimum Gasteiger partial charge on any atom is -0.497 e. The predicted molar refractivity (Wildman–Crippen MR) is 83.9 cm³/mol. The molecule has 0 spiro atoms. The smallest absolute Gasteiger partial charge is 0.226 e. The van der Waals surface area contributed by atoms with Crippen molar-refractivity contribution in [2.45, 2.75) is 26.3 Å². The SMILES string of the molecule is COc1cccc(-c2nc(Cn3ccnc3C(C)C)co2)c1. The molecule has 0 atom stereocenters. The van der Waals surface area contributed by atoms with Crippen LogP contribution in [-0.2, 0) is 6.54 Å². The van der Waals surface area contributed by atoms with E-state index in [1.54, 1.807) is 13.4 Å². The molecule has 1 aromatic carbocycles. The first kappa shape index (κ1) is 14.4. The monoisotopic (exact) mass is 297 g/mol. The van der Waals surface area contributed by atoms with E-state index in [-0.39, 0.29) is 0 Å². The molecule has 0 radical (unpaired) electrons. The second-order valence-electron chi connectivity index (χ2n) is 5.44. The Balaban J connectivity index is 1.83. The van der Waals surface area contributed by atoms with Crippen molar-refractivity contribution in [2.75, 3.05) is 7.11 Å². The van der Waals surface area contributed by atoms with Gasteiger partial charge in [0.1, 0.15) is 17.8 Å². The Morgan fingerprint density at radius 3 is 2.95 bits per heavy atom. The Hall–Kier alpha value is -2.56. The molecule has 3 rings (SSSR count). The first-order valence-electron chi connectivity index (χ1n) is 7.27. The normalized spacial score (nSPS) is 11.1. The zero-order valence-corrected chi connectivity index (χ0v) is 13.0. The molecule has 2 aromatic heterocycles. The van der Waals surface area contributed by atoms with Crippen LogP contribution in [0.25, 0.3) is 11.5 Å². The molecule has 5 heteroatoms. The molecule has 5 nitrogen and oxygen atoms in total. The minimum absolute atomic E-state index is 0.375. The van der Waals surface area contributed by atoms with E-state index in [2.05, 4.69) is 28.4 Å². The highest BCUT2D eigenvalue weighted by atomic mass is 16.5. The largest absolute Gasteiger partial charge is 0.497 e. The lowest BCUT2D eigenvalue weighted by molar-refractivity contribution is 0.414. The number of ether oxygens (including phenoxy) is 1. The molecule has 0 aliphatic heterocycles. The molecule has 0 fully saturated rings. The summed E-state index contributed by atoms with van der Waals surface area (Å²) >= 11 is 0. The van der Waals surface area contributed by atoms with E-state index in [1.165, 1.54) is 0 Å². The molecular weight excluding hydrogens is 278 g/mol. The van der Waals surface area contributed by atoms with E-state index < -0.39 is 0 Å². The number of oxazole rings is 1. The standard InChI is InChI=1S/C17H19N3O2/c1-12(2)16-18-7-8-20(16)10-14-11-22-17(19-14)13-5-4-6-15(9-13)21-3/h4-9,11-12H,10H2,1-3H3. The van der Waals surface area contributed by atoms with Crippen LogP contribution >= 0.6 is 0 Å². The van der Waals surface area contributed by atoms with Crippen molar-refractivity contribution < 1.29 is 9.15 Å². The molecule has 2 heterocycles. The number of hydrogen-bond donors (Lipinski definition) is 0. The van der Waals surface area contributed by atoms with Gasteiger partial charge in [-0.3, -0.25) is 0 Å². The average molecular weight is 297 g/mol. The topological polar surface area (TPSA) is 53.1 Å². The van der Waals surface area contributed by atoms with Crippen molar-refractivity contribution in [2.24, 2.45) is 0 Å². The zero-order valence-electron chi connectivity index (χ0n) is 13.0. The van der Waals surface area contributed by atoms with Gasteiger partial charge in [0.15, 0.2) is 0 Å². The van der Waals surface area contributed by atoms with Crippen LogP contribution in [-0.4, -0.2) is 21.6 Å². The Morgan fingerprint density at radius 2 is 2.18 bits per heavy atom. The van der Waals surface area contributed by atoms with Crippen molar-refractivity contribution in [3.63, 3.8) is 0 Å². The average Bonchev–Trinajstić information content (AvgIpc) is 3.17. The summed E-state index contributed by atoms with van der Waals surface area (Å²) < 4.78 is 12.9. The van der Waals surface area contributed by atoms with Crippen LogP contribution in [0.2, 0.25) is 0 Å². The number of hydrogen-bond acceptors (Lipinski definition) is 4. The lowest BCUT2D eigenvalue weighted by Gasteiger charge is -2.08. The third-order valence-corrected chi connectivity index (χ3v) is 3.46. The summed E-state index contributed by atoms with van der Waals surface area (Å²) in [6, 6.07) is 7.68. The van der Waals surface area contributed by atoms with E-state index in [1.807, 2.05) is 36.7 Å². The summed E-state index contributed by atoms with van der Waals surface area (Å²) in [5.41, 5.74) is 1.78. The number of rotatable bonds is 5. The summed E-state index contributed by atoms with van der Waals surface area (Å²) in [7, 11) is 1.65. The maximum atomic E-state index is 5.60. The molecule has 22 heavy (non-hydrogen) atoms. The van der Waals surface area contributed by atoms with Gasteiger partial charge >= 0.3 is 0 Å². The number of imidazole rings is 1. The first-order chi connectivity index (χ1) is 10.7. The number of nitrogens with zero attached hydrogens (tertiary/aromatic N) is 3. The second kappa shape index (κ2) is 6.05. The Bertz CT molecular complexity index is 759. The summed E-state index contributed by atoms with van der Waals surface area (Å²) in [4.78, 5) is 8.95. The third-order valence-electron chi connectivity index (χ3n) is 3.46. The third kappa shape index (κ3) is 2.88. The van der Waals surface area contributed by atoms with Gasteiger partial charge in [0.25, 0.3) is 0 Å². The fourth-order valence-electron chi connectivity index (χ4n) is 2.40. The van der Waals surface area contributed by atoms with Crippen LogP contribution in [0.3, 0.4) is 0 Å². The zero-order chi connectivity index (χ0) is 15.5. The number of benzene rings is 1. The highest BCUT2D eigenvalue weighted by Crippen LogP contribution is 2.23. The van der Waals surface area contributed by atoms with E-state index in [9.17, 15) is 0 Å². The molecule has 0 saturated heterocycles. The summed E-state index contributed by atoms with van der Waals surface area (Å²) in [5, 5.41) is 0. The quantitative estimate of drug-likeness (QED) is 0.720. The van der Waals surface area contributed by atoms with Gasteiger partial charge in [0.05, 0.1) is 19.3 Å². The molecule has 0 unspecified atom stereocenters. The van der Waals surface area contributed by atoms with Crippen LogP contribution in [0.4, 0.5) is 0 Å². The van der Waals surface area contributed by atoms with Crippen molar-refractivity contribution in [3.8, 4) is 17.2 Å². The first-order valence-corrected chi connectivity index (χ1v) is 7.27. The number of aromatic nitrogens is 3. The van der Waals surface area contributed by atoms with Gasteiger partial charge in [-0.15, -0.1) is 0 Å². The molecule has 3 aromatic rings. The minimum atomic E-state index is 0.375. The molecule has 0 saturated carbocycles. The van der Waals surface area contributed by atoms with E-state index in [4.69, 9.17) is 9.15 Å². The molecule has 0 aliphatic carbocycles. The van der Waals surface area contributed by atoms with E-state index in [0.29, 0.717) is 18.4 Å². The van der Waals surface area contributed by atoms with Crippen LogP contribution < -0.4 is 4.74 Å². The summed E-state index contributed by atoms with van der Waals surface area (Å²) in [6.07, 6.45) is 5.48. The van der Waals surface area contributed by atoms with Gasteiger partial charge in [-0.25, -0.2) is 9.97 Å². The van der Waals surface area contributed by atoms with Gasteiger partial charge in [-0.1, -0.05) is 19.9 Å². The number of methoxy groups -OCH3 is 1. The Morgan fingerprint density at radius 1 is 1.32 bits per heavy atom. The summed E-state index contributed by atoms with van der Waals surface area (Å²) in [5.74, 6) is 2.81. The maximum Gasteiger partial charge on any atom is 0.226 e. The molecule has 114 valence electrons. The van der Waals surface area contributed by atoms with Crippen molar-refractivity contribution >= 4 is 0 Å². The molecule has 0 amide bonds. The summed E-state index contributed by atoms with van der Waals surface area (Å²) in [6.45, 7) is 4.91. The molecule has 0 bridgehead atoms. The van der Waals surface area contributed by atoms with Gasteiger partial charge in [-0.2, -0.15) is 0 Å². The Labute approximate surface area is 129 Å².